The van der Waals surface area contributed by atoms with Crippen LogP contribution in [0.3, 0.4) is 0 Å². The second-order valence-electron chi connectivity index (χ2n) is 5.89. The van der Waals surface area contributed by atoms with Gasteiger partial charge in [-0.1, -0.05) is 24.6 Å². The Morgan fingerprint density at radius 1 is 1.36 bits per heavy atom. The van der Waals surface area contributed by atoms with Crippen molar-refractivity contribution in [2.24, 2.45) is 0 Å². The molecule has 5 nitrogen and oxygen atoms in total. The summed E-state index contributed by atoms with van der Waals surface area (Å²) in [5.74, 6) is -0.135. The van der Waals surface area contributed by atoms with E-state index in [9.17, 15) is 13.2 Å². The van der Waals surface area contributed by atoms with Gasteiger partial charge in [-0.25, -0.2) is 8.42 Å². The van der Waals surface area contributed by atoms with Crippen LogP contribution in [0.1, 0.15) is 37.3 Å². The van der Waals surface area contributed by atoms with Crippen LogP contribution in [0.4, 0.5) is 5.69 Å². The Bertz CT molecular complexity index is 655. The van der Waals surface area contributed by atoms with E-state index in [4.69, 9.17) is 0 Å². The molecular formula is C16H24N2O3S. The standard InChI is InChI=1S/C16H24N2O3S/c1-4-10-22(20,21)18-9-5-6-15(18)16(19)17-14-8-7-12(2)11-13(14)3/h7-8,11,15H,4-6,9-10H2,1-3H3,(H,17,19). The van der Waals surface area contributed by atoms with Crippen molar-refractivity contribution in [1.82, 2.24) is 4.31 Å². The van der Waals surface area contributed by atoms with E-state index in [-0.39, 0.29) is 11.7 Å². The minimum atomic E-state index is -3.34. The van der Waals surface area contributed by atoms with Gasteiger partial charge in [-0.2, -0.15) is 4.31 Å². The van der Waals surface area contributed by atoms with E-state index in [0.717, 1.165) is 23.2 Å². The van der Waals surface area contributed by atoms with Gasteiger partial charge in [0, 0.05) is 12.2 Å². The van der Waals surface area contributed by atoms with Gasteiger partial charge in [-0.3, -0.25) is 4.79 Å². The van der Waals surface area contributed by atoms with Crippen LogP contribution in [0.15, 0.2) is 18.2 Å². The predicted molar refractivity (Wildman–Crippen MR) is 88.4 cm³/mol. The molecule has 22 heavy (non-hydrogen) atoms. The van der Waals surface area contributed by atoms with Gasteiger partial charge >= 0.3 is 0 Å². The summed E-state index contributed by atoms with van der Waals surface area (Å²) in [5.41, 5.74) is 2.85. The highest BCUT2D eigenvalue weighted by Gasteiger charge is 2.38. The molecule has 2 rings (SSSR count). The number of benzene rings is 1. The molecule has 0 bridgehead atoms. The maximum atomic E-state index is 12.5. The summed E-state index contributed by atoms with van der Waals surface area (Å²) in [6.45, 7) is 6.20. The number of sulfonamides is 1. The maximum absolute atomic E-state index is 12.5. The average Bonchev–Trinajstić information content (AvgIpc) is 2.92. The zero-order valence-corrected chi connectivity index (χ0v) is 14.2. The SMILES string of the molecule is CCCS(=O)(=O)N1CCCC1C(=O)Nc1ccc(C)cc1C. The van der Waals surface area contributed by atoms with Gasteiger partial charge in [-0.15, -0.1) is 0 Å². The third-order valence-corrected chi connectivity index (χ3v) is 6.04. The monoisotopic (exact) mass is 324 g/mol. The average molecular weight is 324 g/mol. The van der Waals surface area contributed by atoms with Crippen LogP contribution in [-0.2, 0) is 14.8 Å². The number of carbonyl (C=O) groups is 1. The Hall–Kier alpha value is -1.40. The van der Waals surface area contributed by atoms with E-state index in [0.29, 0.717) is 19.4 Å². The minimum absolute atomic E-state index is 0.0976. The lowest BCUT2D eigenvalue weighted by Crippen LogP contribution is -2.44. The summed E-state index contributed by atoms with van der Waals surface area (Å²) in [6.07, 6.45) is 1.87. The molecule has 0 radical (unpaired) electrons. The quantitative estimate of drug-likeness (QED) is 0.904. The molecule has 1 atom stereocenters. The first kappa shape index (κ1) is 17.0. The largest absolute Gasteiger partial charge is 0.324 e. The van der Waals surface area contributed by atoms with Crippen LogP contribution in [0.2, 0.25) is 0 Å². The molecule has 1 aliphatic rings. The summed E-state index contributed by atoms with van der Waals surface area (Å²) in [6, 6.07) is 5.21. The predicted octanol–water partition coefficient (Wildman–Crippen LogP) is 2.45. The van der Waals surface area contributed by atoms with Crippen molar-refractivity contribution < 1.29 is 13.2 Å². The fraction of sp³-hybridized carbons (Fsp3) is 0.562. The third kappa shape index (κ3) is 3.67. The van der Waals surface area contributed by atoms with Gasteiger partial charge in [0.05, 0.1) is 5.75 Å². The topological polar surface area (TPSA) is 66.5 Å². The highest BCUT2D eigenvalue weighted by Crippen LogP contribution is 2.24. The second-order valence-corrected chi connectivity index (χ2v) is 7.93. The summed E-state index contributed by atoms with van der Waals surface area (Å²) in [5, 5.41) is 2.88. The second kappa shape index (κ2) is 6.79. The normalized spacial score (nSPS) is 19.3. The molecule has 1 heterocycles. The molecule has 0 aliphatic carbocycles. The van der Waals surface area contributed by atoms with Crippen molar-refractivity contribution in [2.45, 2.75) is 46.1 Å². The fourth-order valence-corrected chi connectivity index (χ4v) is 4.63. The lowest BCUT2D eigenvalue weighted by atomic mass is 10.1. The number of nitrogens with zero attached hydrogens (tertiary/aromatic N) is 1. The molecular weight excluding hydrogens is 300 g/mol. The van der Waals surface area contributed by atoms with Gasteiger partial charge in [0.15, 0.2) is 0 Å². The number of nitrogens with one attached hydrogen (secondary N) is 1. The van der Waals surface area contributed by atoms with Crippen molar-refractivity contribution in [1.29, 1.82) is 0 Å². The summed E-state index contributed by atoms with van der Waals surface area (Å²) in [4.78, 5) is 12.5. The molecule has 0 saturated carbocycles. The number of hydrogen-bond donors (Lipinski definition) is 1. The molecule has 1 aliphatic heterocycles. The highest BCUT2D eigenvalue weighted by atomic mass is 32.2. The Labute approximate surface area is 132 Å². The van der Waals surface area contributed by atoms with Gasteiger partial charge in [0.25, 0.3) is 0 Å². The number of hydrogen-bond acceptors (Lipinski definition) is 3. The highest BCUT2D eigenvalue weighted by molar-refractivity contribution is 7.89. The smallest absolute Gasteiger partial charge is 0.242 e. The van der Waals surface area contributed by atoms with E-state index in [1.54, 1.807) is 0 Å². The van der Waals surface area contributed by atoms with E-state index < -0.39 is 16.1 Å². The molecule has 6 heteroatoms. The lowest BCUT2D eigenvalue weighted by Gasteiger charge is -2.23. The molecule has 0 spiro atoms. The molecule has 122 valence electrons. The maximum Gasteiger partial charge on any atom is 0.242 e. The first-order chi connectivity index (χ1) is 10.3. The van der Waals surface area contributed by atoms with E-state index in [1.165, 1.54) is 4.31 Å². The van der Waals surface area contributed by atoms with E-state index >= 15 is 0 Å². The van der Waals surface area contributed by atoms with Crippen molar-refractivity contribution in [3.63, 3.8) is 0 Å². The Balaban J connectivity index is 2.14. The van der Waals surface area contributed by atoms with Gasteiger partial charge in [-0.05, 0) is 44.7 Å². The van der Waals surface area contributed by atoms with Crippen LogP contribution in [0.25, 0.3) is 0 Å². The van der Waals surface area contributed by atoms with Crippen LogP contribution in [0.5, 0.6) is 0 Å². The van der Waals surface area contributed by atoms with Gasteiger partial charge in [0.2, 0.25) is 15.9 Å². The van der Waals surface area contributed by atoms with Gasteiger partial charge in [0.1, 0.15) is 6.04 Å². The number of amides is 1. The summed E-state index contributed by atoms with van der Waals surface area (Å²) in [7, 11) is -3.34. The first-order valence-electron chi connectivity index (χ1n) is 7.73. The summed E-state index contributed by atoms with van der Waals surface area (Å²) < 4.78 is 25.9. The lowest BCUT2D eigenvalue weighted by molar-refractivity contribution is -0.119. The Morgan fingerprint density at radius 2 is 2.09 bits per heavy atom. The summed E-state index contributed by atoms with van der Waals surface area (Å²) >= 11 is 0. The van der Waals surface area contributed by atoms with Crippen LogP contribution in [-0.4, -0.2) is 37.0 Å². The van der Waals surface area contributed by atoms with E-state index in [2.05, 4.69) is 5.32 Å². The van der Waals surface area contributed by atoms with Crippen molar-refractivity contribution in [3.8, 4) is 0 Å². The third-order valence-electron chi connectivity index (χ3n) is 3.97. The molecule has 1 fully saturated rings. The van der Waals surface area contributed by atoms with E-state index in [1.807, 2.05) is 39.0 Å². The zero-order valence-electron chi connectivity index (χ0n) is 13.4. The Kier molecular flexibility index (Phi) is 5.24. The number of anilines is 1. The number of aryl methyl sites for hydroxylation is 2. The fourth-order valence-electron chi connectivity index (χ4n) is 2.88. The van der Waals surface area contributed by atoms with Crippen molar-refractivity contribution in [2.75, 3.05) is 17.6 Å². The van der Waals surface area contributed by atoms with Crippen LogP contribution >= 0.6 is 0 Å². The molecule has 1 unspecified atom stereocenters. The van der Waals surface area contributed by atoms with Crippen molar-refractivity contribution >= 4 is 21.6 Å². The number of carbonyl (C=O) groups excluding carboxylic acids is 1. The molecule has 1 amide bonds. The Morgan fingerprint density at radius 3 is 2.73 bits per heavy atom. The molecule has 1 N–H and O–H groups in total. The molecule has 1 aromatic rings. The minimum Gasteiger partial charge on any atom is -0.324 e. The molecule has 1 saturated heterocycles. The molecule has 1 aromatic carbocycles. The number of rotatable bonds is 5. The van der Waals surface area contributed by atoms with Crippen LogP contribution in [0, 0.1) is 13.8 Å². The first-order valence-corrected chi connectivity index (χ1v) is 9.33. The van der Waals surface area contributed by atoms with Crippen LogP contribution < -0.4 is 5.32 Å². The molecule has 0 aromatic heterocycles. The van der Waals surface area contributed by atoms with Gasteiger partial charge < -0.3 is 5.32 Å². The van der Waals surface area contributed by atoms with Crippen molar-refractivity contribution in [3.05, 3.63) is 29.3 Å². The zero-order chi connectivity index (χ0) is 16.3.